The van der Waals surface area contributed by atoms with E-state index in [-0.39, 0.29) is 5.91 Å². The predicted molar refractivity (Wildman–Crippen MR) is 89.1 cm³/mol. The summed E-state index contributed by atoms with van der Waals surface area (Å²) in [4.78, 5) is 15.8. The summed E-state index contributed by atoms with van der Waals surface area (Å²) in [5.41, 5.74) is 1.99. The SMILES string of the molecule is O=C([C@H]1Cc2ccccc2O1)N1CCSc2ccc(Cl)cc21. The van der Waals surface area contributed by atoms with Crippen molar-refractivity contribution in [3.63, 3.8) is 0 Å². The molecule has 0 spiro atoms. The van der Waals surface area contributed by atoms with Gasteiger partial charge >= 0.3 is 0 Å². The number of hydrogen-bond acceptors (Lipinski definition) is 3. The van der Waals surface area contributed by atoms with E-state index in [1.165, 1.54) is 0 Å². The van der Waals surface area contributed by atoms with Gasteiger partial charge in [-0.3, -0.25) is 4.79 Å². The van der Waals surface area contributed by atoms with Gasteiger partial charge < -0.3 is 9.64 Å². The molecule has 4 rings (SSSR count). The van der Waals surface area contributed by atoms with Gasteiger partial charge in [0.1, 0.15) is 5.75 Å². The van der Waals surface area contributed by atoms with Crippen LogP contribution >= 0.6 is 23.4 Å². The van der Waals surface area contributed by atoms with Crippen LogP contribution in [0.4, 0.5) is 5.69 Å². The van der Waals surface area contributed by atoms with Gasteiger partial charge in [0, 0.05) is 28.6 Å². The topological polar surface area (TPSA) is 29.5 Å². The molecule has 0 saturated heterocycles. The van der Waals surface area contributed by atoms with Crippen molar-refractivity contribution in [1.29, 1.82) is 0 Å². The van der Waals surface area contributed by atoms with Gasteiger partial charge in [0.25, 0.3) is 5.91 Å². The molecule has 3 nitrogen and oxygen atoms in total. The number of halogens is 1. The van der Waals surface area contributed by atoms with Crippen LogP contribution in [-0.4, -0.2) is 24.3 Å². The lowest BCUT2D eigenvalue weighted by Gasteiger charge is -2.30. The average Bonchev–Trinajstić information content (AvgIpc) is 2.97. The van der Waals surface area contributed by atoms with E-state index in [1.54, 1.807) is 11.8 Å². The lowest BCUT2D eigenvalue weighted by atomic mass is 10.1. The number of hydrogen-bond donors (Lipinski definition) is 0. The van der Waals surface area contributed by atoms with Crippen LogP contribution in [0.5, 0.6) is 5.75 Å². The predicted octanol–water partition coefficient (Wildman–Crippen LogP) is 3.78. The van der Waals surface area contributed by atoms with Crippen LogP contribution in [-0.2, 0) is 11.2 Å². The maximum Gasteiger partial charge on any atom is 0.268 e. The molecule has 0 aliphatic carbocycles. The number of carbonyl (C=O) groups excluding carboxylic acids is 1. The van der Waals surface area contributed by atoms with Gasteiger partial charge in [-0.05, 0) is 29.8 Å². The van der Waals surface area contributed by atoms with Gasteiger partial charge in [0.05, 0.1) is 5.69 Å². The first-order valence-electron chi connectivity index (χ1n) is 7.21. The second kappa shape index (κ2) is 5.52. The molecule has 0 saturated carbocycles. The van der Waals surface area contributed by atoms with Crippen molar-refractivity contribution < 1.29 is 9.53 Å². The number of amides is 1. The maximum atomic E-state index is 12.9. The van der Waals surface area contributed by atoms with Crippen LogP contribution < -0.4 is 9.64 Å². The Kier molecular flexibility index (Phi) is 3.51. The lowest BCUT2D eigenvalue weighted by Crippen LogP contribution is -2.44. The highest BCUT2D eigenvalue weighted by Gasteiger charge is 2.34. The van der Waals surface area contributed by atoms with E-state index in [0.717, 1.165) is 27.6 Å². The number of ether oxygens (including phenoxy) is 1. The smallest absolute Gasteiger partial charge is 0.268 e. The zero-order chi connectivity index (χ0) is 15.1. The van der Waals surface area contributed by atoms with Crippen molar-refractivity contribution in [2.45, 2.75) is 17.4 Å². The number of fused-ring (bicyclic) bond motifs is 2. The zero-order valence-electron chi connectivity index (χ0n) is 11.8. The summed E-state index contributed by atoms with van der Waals surface area (Å²) in [5, 5.41) is 0.648. The van der Waals surface area contributed by atoms with Crippen LogP contribution in [0.1, 0.15) is 5.56 Å². The third kappa shape index (κ3) is 2.36. The lowest BCUT2D eigenvalue weighted by molar-refractivity contribution is -0.124. The molecule has 0 N–H and O–H groups in total. The molecule has 5 heteroatoms. The van der Waals surface area contributed by atoms with Gasteiger partial charge in [-0.2, -0.15) is 0 Å². The third-order valence-corrected chi connectivity index (χ3v) is 5.25. The van der Waals surface area contributed by atoms with E-state index < -0.39 is 6.10 Å². The van der Waals surface area contributed by atoms with E-state index in [0.29, 0.717) is 18.0 Å². The molecule has 1 amide bonds. The van der Waals surface area contributed by atoms with E-state index in [1.807, 2.05) is 47.4 Å². The zero-order valence-corrected chi connectivity index (χ0v) is 13.4. The molecule has 0 unspecified atom stereocenters. The summed E-state index contributed by atoms with van der Waals surface area (Å²) >= 11 is 7.86. The number of para-hydroxylation sites is 1. The molecule has 2 aromatic carbocycles. The largest absolute Gasteiger partial charge is 0.480 e. The molecule has 22 heavy (non-hydrogen) atoms. The van der Waals surface area contributed by atoms with Crippen molar-refractivity contribution in [2.24, 2.45) is 0 Å². The van der Waals surface area contributed by atoms with E-state index in [9.17, 15) is 4.79 Å². The second-order valence-corrected chi connectivity index (χ2v) is 6.94. The highest BCUT2D eigenvalue weighted by atomic mass is 35.5. The first-order valence-corrected chi connectivity index (χ1v) is 8.57. The second-order valence-electron chi connectivity index (χ2n) is 5.37. The quantitative estimate of drug-likeness (QED) is 0.796. The Labute approximate surface area is 138 Å². The van der Waals surface area contributed by atoms with Crippen molar-refractivity contribution >= 4 is 35.0 Å². The van der Waals surface area contributed by atoms with Crippen LogP contribution in [0.3, 0.4) is 0 Å². The summed E-state index contributed by atoms with van der Waals surface area (Å²) in [5.74, 6) is 1.72. The van der Waals surface area contributed by atoms with Gasteiger partial charge in [-0.1, -0.05) is 29.8 Å². The molecule has 1 atom stereocenters. The Morgan fingerprint density at radius 1 is 1.27 bits per heavy atom. The van der Waals surface area contributed by atoms with Crippen LogP contribution in [0.15, 0.2) is 47.4 Å². The van der Waals surface area contributed by atoms with Crippen molar-refractivity contribution in [3.8, 4) is 5.75 Å². The van der Waals surface area contributed by atoms with Crippen LogP contribution in [0, 0.1) is 0 Å². The van der Waals surface area contributed by atoms with E-state index in [4.69, 9.17) is 16.3 Å². The third-order valence-electron chi connectivity index (χ3n) is 3.97. The minimum atomic E-state index is -0.438. The van der Waals surface area contributed by atoms with Crippen LogP contribution in [0.25, 0.3) is 0 Å². The summed E-state index contributed by atoms with van der Waals surface area (Å²) in [6, 6.07) is 13.5. The minimum Gasteiger partial charge on any atom is -0.480 e. The average molecular weight is 332 g/mol. The number of anilines is 1. The number of benzene rings is 2. The molecule has 0 bridgehead atoms. The van der Waals surface area contributed by atoms with Gasteiger partial charge in [-0.15, -0.1) is 11.8 Å². The summed E-state index contributed by atoms with van der Waals surface area (Å²) in [7, 11) is 0. The van der Waals surface area contributed by atoms with Gasteiger partial charge in [-0.25, -0.2) is 0 Å². The van der Waals surface area contributed by atoms with Crippen molar-refractivity contribution in [3.05, 3.63) is 53.1 Å². The number of carbonyl (C=O) groups is 1. The van der Waals surface area contributed by atoms with Crippen molar-refractivity contribution in [2.75, 3.05) is 17.2 Å². The Morgan fingerprint density at radius 2 is 2.14 bits per heavy atom. The van der Waals surface area contributed by atoms with Gasteiger partial charge in [0.2, 0.25) is 0 Å². The molecule has 0 aromatic heterocycles. The minimum absolute atomic E-state index is 0.0139. The summed E-state index contributed by atoms with van der Waals surface area (Å²) in [6.45, 7) is 0.688. The highest BCUT2D eigenvalue weighted by molar-refractivity contribution is 7.99. The highest BCUT2D eigenvalue weighted by Crippen LogP contribution is 2.38. The normalized spacial score (nSPS) is 19.3. The first-order chi connectivity index (χ1) is 10.7. The van der Waals surface area contributed by atoms with Crippen LogP contribution in [0.2, 0.25) is 5.02 Å². The first kappa shape index (κ1) is 14.0. The molecule has 2 aliphatic heterocycles. The van der Waals surface area contributed by atoms with Gasteiger partial charge in [0.15, 0.2) is 6.10 Å². The molecule has 2 heterocycles. The molecule has 112 valence electrons. The fourth-order valence-electron chi connectivity index (χ4n) is 2.91. The molecule has 0 radical (unpaired) electrons. The Hall–Kier alpha value is -1.65. The molecule has 2 aliphatic rings. The van der Waals surface area contributed by atoms with Crippen molar-refractivity contribution in [1.82, 2.24) is 0 Å². The molecule has 0 fully saturated rings. The Bertz CT molecular complexity index is 724. The number of rotatable bonds is 1. The molecular formula is C17H14ClNO2S. The standard InChI is InChI=1S/C17H14ClNO2S/c18-12-5-6-16-13(10-12)19(7-8-22-16)17(20)15-9-11-3-1-2-4-14(11)21-15/h1-6,10,15H,7-9H2/t15-/m1/s1. The maximum absolute atomic E-state index is 12.9. The molecular weight excluding hydrogens is 318 g/mol. The monoisotopic (exact) mass is 331 g/mol. The summed E-state index contributed by atoms with van der Waals surface area (Å²) in [6.07, 6.45) is 0.196. The number of nitrogens with zero attached hydrogens (tertiary/aromatic N) is 1. The Morgan fingerprint density at radius 3 is 3.00 bits per heavy atom. The fraction of sp³-hybridized carbons (Fsp3) is 0.235. The molecule has 2 aromatic rings. The summed E-state index contributed by atoms with van der Waals surface area (Å²) < 4.78 is 5.84. The van der Waals surface area contributed by atoms with E-state index >= 15 is 0 Å². The number of thioether (sulfide) groups is 1. The Balaban J connectivity index is 1.62. The fourth-order valence-corrected chi connectivity index (χ4v) is 4.05. The van der Waals surface area contributed by atoms with E-state index in [2.05, 4.69) is 0 Å².